The fourth-order valence-electron chi connectivity index (χ4n) is 4.05. The highest BCUT2D eigenvalue weighted by Gasteiger charge is 2.27. The average Bonchev–Trinajstić information content (AvgIpc) is 3.38. The first-order valence-corrected chi connectivity index (χ1v) is 11.8. The van der Waals surface area contributed by atoms with Crippen LogP contribution in [0.3, 0.4) is 0 Å². The molecule has 158 valence electrons. The summed E-state index contributed by atoms with van der Waals surface area (Å²) in [4.78, 5) is 14.8. The molecule has 0 radical (unpaired) electrons. The van der Waals surface area contributed by atoms with Gasteiger partial charge in [0.15, 0.2) is 0 Å². The highest BCUT2D eigenvalue weighted by Crippen LogP contribution is 2.32. The minimum atomic E-state index is -3.51. The molecule has 0 unspecified atom stereocenters. The van der Waals surface area contributed by atoms with Gasteiger partial charge in [-0.15, -0.1) is 0 Å². The number of hydrogen-bond donors (Lipinski definition) is 0. The molecule has 0 atom stereocenters. The van der Waals surface area contributed by atoms with Gasteiger partial charge in [0.1, 0.15) is 5.75 Å². The van der Waals surface area contributed by atoms with Crippen molar-refractivity contribution in [1.29, 1.82) is 0 Å². The van der Waals surface area contributed by atoms with E-state index in [-0.39, 0.29) is 10.8 Å². The Morgan fingerprint density at radius 2 is 1.90 bits per heavy atom. The summed E-state index contributed by atoms with van der Waals surface area (Å²) in [7, 11) is -3.51. The SMILES string of the molecule is CCN(CC)S(=O)(=O)c1ccc2c(c1)CCN2C(=O)/C=C/c1ccc2c(c1)CCO2. The molecule has 0 aromatic heterocycles. The van der Waals surface area contributed by atoms with Crippen LogP contribution in [0.1, 0.15) is 30.5 Å². The molecule has 2 aromatic carbocycles. The summed E-state index contributed by atoms with van der Waals surface area (Å²) in [5, 5.41) is 0. The van der Waals surface area contributed by atoms with Crippen LogP contribution in [-0.2, 0) is 27.7 Å². The van der Waals surface area contributed by atoms with E-state index in [0.717, 1.165) is 34.5 Å². The lowest BCUT2D eigenvalue weighted by atomic mass is 10.1. The lowest BCUT2D eigenvalue weighted by molar-refractivity contribution is -0.114. The number of carbonyl (C=O) groups is 1. The molecule has 30 heavy (non-hydrogen) atoms. The Kier molecular flexibility index (Phi) is 5.66. The van der Waals surface area contributed by atoms with Crippen LogP contribution in [0, 0.1) is 0 Å². The van der Waals surface area contributed by atoms with Crippen LogP contribution in [0.2, 0.25) is 0 Å². The number of amides is 1. The molecule has 0 saturated heterocycles. The predicted molar refractivity (Wildman–Crippen MR) is 117 cm³/mol. The Balaban J connectivity index is 1.52. The van der Waals surface area contributed by atoms with Crippen molar-refractivity contribution in [1.82, 2.24) is 4.31 Å². The first-order chi connectivity index (χ1) is 14.4. The number of rotatable bonds is 6. The number of hydrogen-bond acceptors (Lipinski definition) is 4. The Morgan fingerprint density at radius 3 is 2.67 bits per heavy atom. The fraction of sp³-hybridized carbons (Fsp3) is 0.348. The molecule has 0 N–H and O–H groups in total. The standard InChI is InChI=1S/C23H26N2O4S/c1-3-24(4-2)30(27,28)20-7-8-21-18(16-20)11-13-25(21)23(26)10-6-17-5-9-22-19(15-17)12-14-29-22/h5-10,15-16H,3-4,11-14H2,1-2H3/b10-6+. The van der Waals surface area contributed by atoms with Crippen LogP contribution < -0.4 is 9.64 Å². The van der Waals surface area contributed by atoms with E-state index in [1.807, 2.05) is 38.1 Å². The van der Waals surface area contributed by atoms with Crippen molar-refractivity contribution in [2.75, 3.05) is 31.1 Å². The highest BCUT2D eigenvalue weighted by atomic mass is 32.2. The van der Waals surface area contributed by atoms with E-state index in [1.165, 1.54) is 4.31 Å². The molecule has 1 amide bonds. The van der Waals surface area contributed by atoms with E-state index in [9.17, 15) is 13.2 Å². The minimum Gasteiger partial charge on any atom is -0.493 e. The van der Waals surface area contributed by atoms with Gasteiger partial charge < -0.3 is 9.64 Å². The number of benzene rings is 2. The van der Waals surface area contributed by atoms with E-state index >= 15 is 0 Å². The van der Waals surface area contributed by atoms with Crippen molar-refractivity contribution in [3.8, 4) is 5.75 Å². The van der Waals surface area contributed by atoms with Crippen LogP contribution in [0.15, 0.2) is 47.4 Å². The summed E-state index contributed by atoms with van der Waals surface area (Å²) in [5.74, 6) is 0.812. The van der Waals surface area contributed by atoms with Crippen LogP contribution in [-0.4, -0.2) is 44.9 Å². The average molecular weight is 427 g/mol. The largest absolute Gasteiger partial charge is 0.493 e. The zero-order valence-corrected chi connectivity index (χ0v) is 18.1. The van der Waals surface area contributed by atoms with Crippen LogP contribution in [0.5, 0.6) is 5.75 Å². The normalized spacial score (nSPS) is 15.5. The molecule has 6 nitrogen and oxygen atoms in total. The van der Waals surface area contributed by atoms with E-state index in [1.54, 1.807) is 29.2 Å². The summed E-state index contributed by atoms with van der Waals surface area (Å²) in [5.41, 5.74) is 3.80. The van der Waals surface area contributed by atoms with Crippen LogP contribution in [0.25, 0.3) is 6.08 Å². The van der Waals surface area contributed by atoms with E-state index in [4.69, 9.17) is 4.74 Å². The molecule has 0 bridgehead atoms. The third-order valence-corrected chi connectivity index (χ3v) is 7.73. The molecule has 0 aliphatic carbocycles. The maximum Gasteiger partial charge on any atom is 0.251 e. The fourth-order valence-corrected chi connectivity index (χ4v) is 5.56. The summed E-state index contributed by atoms with van der Waals surface area (Å²) in [6, 6.07) is 11.0. The van der Waals surface area contributed by atoms with Crippen molar-refractivity contribution in [2.45, 2.75) is 31.6 Å². The number of nitrogens with zero attached hydrogens (tertiary/aromatic N) is 2. The molecule has 7 heteroatoms. The van der Waals surface area contributed by atoms with E-state index in [0.29, 0.717) is 32.7 Å². The zero-order chi connectivity index (χ0) is 21.3. The second-order valence-corrected chi connectivity index (χ2v) is 9.36. The van der Waals surface area contributed by atoms with Crippen molar-refractivity contribution < 1.29 is 17.9 Å². The second-order valence-electron chi connectivity index (χ2n) is 7.42. The first-order valence-electron chi connectivity index (χ1n) is 10.3. The van der Waals surface area contributed by atoms with Gasteiger partial charge in [0, 0.05) is 37.8 Å². The summed E-state index contributed by atoms with van der Waals surface area (Å²) >= 11 is 0. The molecule has 0 spiro atoms. The number of ether oxygens (including phenoxy) is 1. The van der Waals surface area contributed by atoms with Gasteiger partial charge in [0.05, 0.1) is 11.5 Å². The number of sulfonamides is 1. The summed E-state index contributed by atoms with van der Waals surface area (Å²) < 4.78 is 32.5. The summed E-state index contributed by atoms with van der Waals surface area (Å²) in [6.07, 6.45) is 4.93. The molecule has 2 aliphatic heterocycles. The quantitative estimate of drug-likeness (QED) is 0.665. The first kappa shape index (κ1) is 20.6. The maximum atomic E-state index is 12.8. The van der Waals surface area contributed by atoms with Crippen molar-refractivity contribution in [2.24, 2.45) is 0 Å². The van der Waals surface area contributed by atoms with Crippen molar-refractivity contribution in [3.05, 3.63) is 59.2 Å². The topological polar surface area (TPSA) is 66.9 Å². The lowest BCUT2D eigenvalue weighted by Gasteiger charge is -2.19. The van der Waals surface area contributed by atoms with Gasteiger partial charge in [0.2, 0.25) is 10.0 Å². The second kappa shape index (κ2) is 8.24. The van der Waals surface area contributed by atoms with Gasteiger partial charge in [-0.2, -0.15) is 4.31 Å². The smallest absolute Gasteiger partial charge is 0.251 e. The third kappa shape index (κ3) is 3.75. The summed E-state index contributed by atoms with van der Waals surface area (Å²) in [6.45, 7) is 5.77. The number of carbonyl (C=O) groups excluding carboxylic acids is 1. The zero-order valence-electron chi connectivity index (χ0n) is 17.3. The highest BCUT2D eigenvalue weighted by molar-refractivity contribution is 7.89. The maximum absolute atomic E-state index is 12.8. The molecule has 2 aliphatic rings. The predicted octanol–water partition coefficient (Wildman–Crippen LogP) is 3.25. The third-order valence-electron chi connectivity index (χ3n) is 5.69. The molecule has 4 rings (SSSR count). The van der Waals surface area contributed by atoms with Gasteiger partial charge >= 0.3 is 0 Å². The molecule has 0 fully saturated rings. The molecule has 2 aromatic rings. The van der Waals surface area contributed by atoms with Gasteiger partial charge in [0.25, 0.3) is 5.91 Å². The van der Waals surface area contributed by atoms with Gasteiger partial charge in [-0.1, -0.05) is 19.9 Å². The molecular weight excluding hydrogens is 400 g/mol. The van der Waals surface area contributed by atoms with Gasteiger partial charge in [-0.05, 0) is 59.5 Å². The van der Waals surface area contributed by atoms with Crippen LogP contribution in [0.4, 0.5) is 5.69 Å². The Hall–Kier alpha value is -2.64. The molecule has 2 heterocycles. The van der Waals surface area contributed by atoms with E-state index in [2.05, 4.69) is 0 Å². The lowest BCUT2D eigenvalue weighted by Crippen LogP contribution is -2.30. The Morgan fingerprint density at radius 1 is 1.10 bits per heavy atom. The van der Waals surface area contributed by atoms with Crippen molar-refractivity contribution >= 4 is 27.7 Å². The monoisotopic (exact) mass is 426 g/mol. The van der Waals surface area contributed by atoms with Gasteiger partial charge in [-0.3, -0.25) is 4.79 Å². The minimum absolute atomic E-state index is 0.107. The number of anilines is 1. The van der Waals surface area contributed by atoms with Crippen molar-refractivity contribution in [3.63, 3.8) is 0 Å². The number of fused-ring (bicyclic) bond motifs is 2. The Bertz CT molecular complexity index is 1100. The molecular formula is C23H26N2O4S. The Labute approximate surface area is 177 Å². The van der Waals surface area contributed by atoms with Crippen LogP contribution >= 0.6 is 0 Å². The van der Waals surface area contributed by atoms with E-state index < -0.39 is 10.0 Å². The molecule has 0 saturated carbocycles. The van der Waals surface area contributed by atoms with Gasteiger partial charge in [-0.25, -0.2) is 8.42 Å².